The van der Waals surface area contributed by atoms with Crippen LogP contribution in [-0.2, 0) is 9.53 Å². The lowest BCUT2D eigenvalue weighted by molar-refractivity contribution is -0.137. The van der Waals surface area contributed by atoms with Crippen molar-refractivity contribution in [3.05, 3.63) is 54.4 Å². The van der Waals surface area contributed by atoms with E-state index in [0.717, 1.165) is 22.8 Å². The number of hydrogen-bond acceptors (Lipinski definition) is 4. The molecule has 2 rings (SSSR count). The van der Waals surface area contributed by atoms with Crippen molar-refractivity contribution < 1.29 is 9.53 Å². The van der Waals surface area contributed by atoms with Gasteiger partial charge in [0.1, 0.15) is 6.61 Å². The fourth-order valence-electron chi connectivity index (χ4n) is 1.70. The number of carbonyl (C=O) groups excluding carboxylic acids is 1. The standard InChI is InChI=1S/C16H18N2O2S/c1-2-21-11-10-20-16(19)9-8-14-12-17-18(13-14)15-6-4-3-5-7-15/h3-9,12-13H,2,10-11H2,1H3/b9-8+. The van der Waals surface area contributed by atoms with E-state index >= 15 is 0 Å². The van der Waals surface area contributed by atoms with Gasteiger partial charge in [0.25, 0.3) is 0 Å². The summed E-state index contributed by atoms with van der Waals surface area (Å²) in [6, 6.07) is 9.82. The van der Waals surface area contributed by atoms with Gasteiger partial charge in [-0.05, 0) is 24.0 Å². The minimum absolute atomic E-state index is 0.320. The van der Waals surface area contributed by atoms with E-state index in [0.29, 0.717) is 6.61 Å². The number of hydrogen-bond donors (Lipinski definition) is 0. The molecule has 21 heavy (non-hydrogen) atoms. The molecule has 4 nitrogen and oxygen atoms in total. The Balaban J connectivity index is 1.87. The zero-order valence-corrected chi connectivity index (χ0v) is 12.8. The minimum Gasteiger partial charge on any atom is -0.462 e. The normalized spacial score (nSPS) is 10.9. The molecule has 1 aromatic heterocycles. The van der Waals surface area contributed by atoms with Gasteiger partial charge in [-0.25, -0.2) is 9.48 Å². The minimum atomic E-state index is -0.320. The lowest BCUT2D eigenvalue weighted by Gasteiger charge is -1.99. The van der Waals surface area contributed by atoms with Gasteiger partial charge in [0, 0.05) is 23.6 Å². The maximum atomic E-state index is 11.5. The molecule has 0 atom stereocenters. The summed E-state index contributed by atoms with van der Waals surface area (Å²) in [5, 5.41) is 4.26. The SMILES string of the molecule is CCSCCOC(=O)/C=C/c1cnn(-c2ccccc2)c1. The van der Waals surface area contributed by atoms with Gasteiger partial charge in [-0.2, -0.15) is 16.9 Å². The van der Waals surface area contributed by atoms with Crippen LogP contribution in [0, 0.1) is 0 Å². The lowest BCUT2D eigenvalue weighted by Crippen LogP contribution is -2.04. The second kappa shape index (κ2) is 8.32. The molecule has 0 radical (unpaired) electrons. The molecule has 0 aliphatic heterocycles. The third-order valence-electron chi connectivity index (χ3n) is 2.71. The average Bonchev–Trinajstić information content (AvgIpc) is 2.99. The molecule has 0 amide bonds. The second-order valence-electron chi connectivity index (χ2n) is 4.25. The molecule has 0 saturated carbocycles. The molecule has 0 aliphatic carbocycles. The molecule has 0 saturated heterocycles. The van der Waals surface area contributed by atoms with Gasteiger partial charge < -0.3 is 4.74 Å². The van der Waals surface area contributed by atoms with Crippen LogP contribution in [0.4, 0.5) is 0 Å². The van der Waals surface area contributed by atoms with Crippen LogP contribution in [0.25, 0.3) is 11.8 Å². The molecule has 5 heteroatoms. The fourth-order valence-corrected chi connectivity index (χ4v) is 2.19. The zero-order valence-electron chi connectivity index (χ0n) is 11.9. The second-order valence-corrected chi connectivity index (χ2v) is 5.65. The van der Waals surface area contributed by atoms with Crippen LogP contribution in [0.3, 0.4) is 0 Å². The summed E-state index contributed by atoms with van der Waals surface area (Å²) in [7, 11) is 0. The summed E-state index contributed by atoms with van der Waals surface area (Å²) >= 11 is 1.75. The van der Waals surface area contributed by atoms with Crippen molar-refractivity contribution in [3.8, 4) is 5.69 Å². The number of para-hydroxylation sites is 1. The molecule has 1 aromatic carbocycles. The Morgan fingerprint density at radius 1 is 1.38 bits per heavy atom. The van der Waals surface area contributed by atoms with Crippen LogP contribution in [0.15, 0.2) is 48.8 Å². The summed E-state index contributed by atoms with van der Waals surface area (Å²) in [6.45, 7) is 2.53. The third kappa shape index (κ3) is 5.11. The average molecular weight is 302 g/mol. The molecule has 1 heterocycles. The van der Waals surface area contributed by atoms with Gasteiger partial charge in [-0.15, -0.1) is 0 Å². The van der Waals surface area contributed by atoms with Gasteiger partial charge in [0.2, 0.25) is 0 Å². The van der Waals surface area contributed by atoms with E-state index in [1.54, 1.807) is 28.7 Å². The van der Waals surface area contributed by atoms with Crippen molar-refractivity contribution in [2.24, 2.45) is 0 Å². The Labute approximate surface area is 128 Å². The first-order valence-corrected chi connectivity index (χ1v) is 7.97. The first kappa shape index (κ1) is 15.4. The summed E-state index contributed by atoms with van der Waals surface area (Å²) in [5.74, 6) is 1.55. The Kier molecular flexibility index (Phi) is 6.09. The molecule has 0 spiro atoms. The van der Waals surface area contributed by atoms with E-state index in [-0.39, 0.29) is 5.97 Å². The molecule has 0 bridgehead atoms. The van der Waals surface area contributed by atoms with Crippen molar-refractivity contribution in [1.29, 1.82) is 0 Å². The summed E-state index contributed by atoms with van der Waals surface area (Å²) < 4.78 is 6.85. The van der Waals surface area contributed by atoms with Crippen LogP contribution < -0.4 is 0 Å². The molecule has 0 fully saturated rings. The van der Waals surface area contributed by atoms with E-state index in [9.17, 15) is 4.79 Å². The first-order chi connectivity index (χ1) is 10.3. The number of aromatic nitrogens is 2. The van der Waals surface area contributed by atoms with Crippen molar-refractivity contribution in [2.45, 2.75) is 6.92 Å². The summed E-state index contributed by atoms with van der Waals surface area (Å²) in [5.41, 5.74) is 1.84. The van der Waals surface area contributed by atoms with E-state index in [1.165, 1.54) is 6.08 Å². The summed E-state index contributed by atoms with van der Waals surface area (Å²) in [6.07, 6.45) is 6.72. The monoisotopic (exact) mass is 302 g/mol. The largest absolute Gasteiger partial charge is 0.462 e. The molecule has 110 valence electrons. The van der Waals surface area contributed by atoms with Crippen molar-refractivity contribution in [2.75, 3.05) is 18.1 Å². The predicted octanol–water partition coefficient (Wildman–Crippen LogP) is 3.18. The van der Waals surface area contributed by atoms with Crippen LogP contribution >= 0.6 is 11.8 Å². The van der Waals surface area contributed by atoms with E-state index < -0.39 is 0 Å². The number of rotatable bonds is 7. The molecule has 2 aromatic rings. The van der Waals surface area contributed by atoms with Crippen LogP contribution in [0.1, 0.15) is 12.5 Å². The van der Waals surface area contributed by atoms with E-state index in [2.05, 4.69) is 12.0 Å². The zero-order chi connectivity index (χ0) is 14.9. The number of nitrogens with zero attached hydrogens (tertiary/aromatic N) is 2. The van der Waals surface area contributed by atoms with E-state index in [4.69, 9.17) is 4.74 Å². The molecule has 0 unspecified atom stereocenters. The maximum absolute atomic E-state index is 11.5. The predicted molar refractivity (Wildman–Crippen MR) is 86.6 cm³/mol. The van der Waals surface area contributed by atoms with Crippen molar-refractivity contribution >= 4 is 23.8 Å². The Bertz CT molecular complexity index is 593. The van der Waals surface area contributed by atoms with Gasteiger partial charge in [-0.1, -0.05) is 25.1 Å². The molecular weight excluding hydrogens is 284 g/mol. The Hall–Kier alpha value is -2.01. The molecule has 0 N–H and O–H groups in total. The van der Waals surface area contributed by atoms with Gasteiger partial charge in [-0.3, -0.25) is 0 Å². The van der Waals surface area contributed by atoms with E-state index in [1.807, 2.05) is 36.5 Å². The van der Waals surface area contributed by atoms with Crippen LogP contribution in [-0.4, -0.2) is 33.9 Å². The number of benzene rings is 1. The molecule has 0 aliphatic rings. The van der Waals surface area contributed by atoms with Crippen molar-refractivity contribution in [1.82, 2.24) is 9.78 Å². The lowest BCUT2D eigenvalue weighted by atomic mass is 10.3. The highest BCUT2D eigenvalue weighted by molar-refractivity contribution is 7.99. The van der Waals surface area contributed by atoms with Crippen LogP contribution in [0.5, 0.6) is 0 Å². The van der Waals surface area contributed by atoms with Crippen molar-refractivity contribution in [3.63, 3.8) is 0 Å². The first-order valence-electron chi connectivity index (χ1n) is 6.82. The highest BCUT2D eigenvalue weighted by Gasteiger charge is 2.00. The van der Waals surface area contributed by atoms with Crippen LogP contribution in [0.2, 0.25) is 0 Å². The third-order valence-corrected chi connectivity index (χ3v) is 3.57. The topological polar surface area (TPSA) is 44.1 Å². The van der Waals surface area contributed by atoms with Gasteiger partial charge in [0.15, 0.2) is 0 Å². The summed E-state index contributed by atoms with van der Waals surface area (Å²) in [4.78, 5) is 11.5. The highest BCUT2D eigenvalue weighted by atomic mass is 32.2. The number of esters is 1. The van der Waals surface area contributed by atoms with Gasteiger partial charge >= 0.3 is 5.97 Å². The Morgan fingerprint density at radius 2 is 2.19 bits per heavy atom. The molecular formula is C16H18N2O2S. The van der Waals surface area contributed by atoms with Gasteiger partial charge in [0.05, 0.1) is 11.9 Å². The smallest absolute Gasteiger partial charge is 0.330 e. The quantitative estimate of drug-likeness (QED) is 0.447. The number of carbonyl (C=O) groups is 1. The Morgan fingerprint density at radius 3 is 2.95 bits per heavy atom. The highest BCUT2D eigenvalue weighted by Crippen LogP contribution is 2.08. The maximum Gasteiger partial charge on any atom is 0.330 e. The number of thioether (sulfide) groups is 1. The number of ether oxygens (including phenoxy) is 1. The fraction of sp³-hybridized carbons (Fsp3) is 0.250.